The average molecular weight is 401 g/mol. The SMILES string of the molecule is CCOC(=O)CSC1=C(C#N)C(c2ccccc2[N+](=O)[O-])C(C(C)=O)=C(C)N1. The zero-order chi connectivity index (χ0) is 20.8. The van der Waals surface area contributed by atoms with Crippen LogP contribution in [-0.2, 0) is 14.3 Å². The summed E-state index contributed by atoms with van der Waals surface area (Å²) < 4.78 is 4.90. The Morgan fingerprint density at radius 2 is 2.07 bits per heavy atom. The number of ketones is 1. The number of allylic oxidation sites excluding steroid dienone is 3. The topological polar surface area (TPSA) is 122 Å². The largest absolute Gasteiger partial charge is 0.465 e. The highest BCUT2D eigenvalue weighted by Crippen LogP contribution is 2.43. The van der Waals surface area contributed by atoms with Crippen LogP contribution in [0.4, 0.5) is 5.69 Å². The van der Waals surface area contributed by atoms with Crippen molar-refractivity contribution in [1.82, 2.24) is 5.32 Å². The summed E-state index contributed by atoms with van der Waals surface area (Å²) >= 11 is 1.06. The molecule has 1 aliphatic heterocycles. The maximum Gasteiger partial charge on any atom is 0.316 e. The van der Waals surface area contributed by atoms with Crippen LogP contribution in [-0.4, -0.2) is 29.0 Å². The number of hydrogen-bond acceptors (Lipinski definition) is 8. The minimum atomic E-state index is -0.893. The fraction of sp³-hybridized carbons (Fsp3) is 0.316. The van der Waals surface area contributed by atoms with Gasteiger partial charge in [-0.3, -0.25) is 19.7 Å². The third-order valence-corrected chi connectivity index (χ3v) is 5.10. The van der Waals surface area contributed by atoms with E-state index in [0.29, 0.717) is 10.7 Å². The summed E-state index contributed by atoms with van der Waals surface area (Å²) in [5.74, 6) is -1.67. The van der Waals surface area contributed by atoms with Crippen molar-refractivity contribution in [3.05, 3.63) is 61.8 Å². The highest BCUT2D eigenvalue weighted by atomic mass is 32.2. The smallest absolute Gasteiger partial charge is 0.316 e. The van der Waals surface area contributed by atoms with Crippen LogP contribution in [0.5, 0.6) is 0 Å². The highest BCUT2D eigenvalue weighted by molar-refractivity contribution is 8.03. The van der Waals surface area contributed by atoms with Crippen molar-refractivity contribution < 1.29 is 19.2 Å². The molecule has 0 radical (unpaired) electrons. The molecule has 0 spiro atoms. The first-order chi connectivity index (χ1) is 13.3. The Kier molecular flexibility index (Phi) is 6.95. The van der Waals surface area contributed by atoms with Crippen LogP contribution in [0.3, 0.4) is 0 Å². The van der Waals surface area contributed by atoms with E-state index in [0.717, 1.165) is 11.8 Å². The summed E-state index contributed by atoms with van der Waals surface area (Å²) in [6.07, 6.45) is 0. The van der Waals surface area contributed by atoms with Gasteiger partial charge in [-0.2, -0.15) is 5.26 Å². The van der Waals surface area contributed by atoms with Crippen LogP contribution in [0.2, 0.25) is 0 Å². The highest BCUT2D eigenvalue weighted by Gasteiger charge is 2.36. The molecule has 1 aromatic carbocycles. The lowest BCUT2D eigenvalue weighted by Gasteiger charge is -2.29. The number of nitro groups is 1. The van der Waals surface area contributed by atoms with E-state index >= 15 is 0 Å². The quantitative estimate of drug-likeness (QED) is 0.420. The van der Waals surface area contributed by atoms with Crippen molar-refractivity contribution in [3.8, 4) is 6.07 Å². The third kappa shape index (κ3) is 4.40. The molecule has 1 N–H and O–H groups in total. The molecule has 1 heterocycles. The predicted molar refractivity (Wildman–Crippen MR) is 104 cm³/mol. The fourth-order valence-corrected chi connectivity index (χ4v) is 3.93. The average Bonchev–Trinajstić information content (AvgIpc) is 2.65. The first kappa shape index (κ1) is 21.2. The minimum Gasteiger partial charge on any atom is -0.465 e. The monoisotopic (exact) mass is 401 g/mol. The molecular weight excluding hydrogens is 382 g/mol. The molecular formula is C19H19N3O5S. The van der Waals surface area contributed by atoms with Gasteiger partial charge in [0.2, 0.25) is 0 Å². The molecule has 1 atom stereocenters. The van der Waals surface area contributed by atoms with E-state index in [-0.39, 0.29) is 40.5 Å². The number of Topliss-reactive ketones (excluding diaryl/α,β-unsaturated/α-hetero) is 1. The van der Waals surface area contributed by atoms with Gasteiger partial charge in [0.15, 0.2) is 5.78 Å². The Labute approximate surface area is 166 Å². The number of ether oxygens (including phenoxy) is 1. The van der Waals surface area contributed by atoms with Gasteiger partial charge in [-0.1, -0.05) is 30.0 Å². The number of nitriles is 1. The first-order valence-corrected chi connectivity index (χ1v) is 9.45. The molecule has 0 fully saturated rings. The van der Waals surface area contributed by atoms with Gasteiger partial charge in [0.05, 0.1) is 39.9 Å². The van der Waals surface area contributed by atoms with Crippen molar-refractivity contribution >= 4 is 29.2 Å². The molecule has 0 saturated carbocycles. The number of benzene rings is 1. The second-order valence-electron chi connectivity index (χ2n) is 5.92. The fourth-order valence-electron chi connectivity index (χ4n) is 3.04. The number of nitrogens with zero attached hydrogens (tertiary/aromatic N) is 2. The van der Waals surface area contributed by atoms with Gasteiger partial charge < -0.3 is 10.1 Å². The standard InChI is InChI=1S/C19H19N3O5S/c1-4-27-16(24)10-28-19-14(9-20)18(17(12(3)23)11(2)21-19)13-7-5-6-8-15(13)22(25)26/h5-8,18,21H,4,10H2,1-3H3. The Hall–Kier alpha value is -3.12. The summed E-state index contributed by atoms with van der Waals surface area (Å²) in [7, 11) is 0. The van der Waals surface area contributed by atoms with Gasteiger partial charge in [0, 0.05) is 22.9 Å². The molecule has 2 rings (SSSR count). The molecule has 0 saturated heterocycles. The van der Waals surface area contributed by atoms with Gasteiger partial charge in [-0.25, -0.2) is 0 Å². The second kappa shape index (κ2) is 9.19. The number of thioether (sulfide) groups is 1. The normalized spacial score (nSPS) is 16.3. The molecule has 0 bridgehead atoms. The van der Waals surface area contributed by atoms with Crippen LogP contribution in [0.25, 0.3) is 0 Å². The van der Waals surface area contributed by atoms with Crippen molar-refractivity contribution in [2.45, 2.75) is 26.7 Å². The lowest BCUT2D eigenvalue weighted by Crippen LogP contribution is -2.28. The molecule has 0 aromatic heterocycles. The van der Waals surface area contributed by atoms with E-state index in [4.69, 9.17) is 4.74 Å². The summed E-state index contributed by atoms with van der Waals surface area (Å²) in [5.41, 5.74) is 1.000. The maximum absolute atomic E-state index is 12.3. The van der Waals surface area contributed by atoms with Gasteiger partial charge in [-0.05, 0) is 20.8 Å². The number of rotatable bonds is 7. The Morgan fingerprint density at radius 1 is 1.39 bits per heavy atom. The van der Waals surface area contributed by atoms with E-state index in [1.54, 1.807) is 19.9 Å². The molecule has 0 amide bonds. The first-order valence-electron chi connectivity index (χ1n) is 8.46. The van der Waals surface area contributed by atoms with Gasteiger partial charge >= 0.3 is 5.97 Å². The number of nitro benzene ring substituents is 1. The number of carbonyl (C=O) groups is 2. The van der Waals surface area contributed by atoms with Crippen LogP contribution in [0.1, 0.15) is 32.3 Å². The third-order valence-electron chi connectivity index (χ3n) is 4.11. The van der Waals surface area contributed by atoms with E-state index in [1.165, 1.54) is 25.1 Å². The van der Waals surface area contributed by atoms with Crippen LogP contribution >= 0.6 is 11.8 Å². The number of esters is 1. The molecule has 0 aliphatic carbocycles. The number of para-hydroxylation sites is 1. The lowest BCUT2D eigenvalue weighted by molar-refractivity contribution is -0.385. The predicted octanol–water partition coefficient (Wildman–Crippen LogP) is 3.18. The van der Waals surface area contributed by atoms with Crippen molar-refractivity contribution in [2.75, 3.05) is 12.4 Å². The zero-order valence-electron chi connectivity index (χ0n) is 15.6. The van der Waals surface area contributed by atoms with E-state index in [2.05, 4.69) is 11.4 Å². The lowest BCUT2D eigenvalue weighted by atomic mass is 9.80. The van der Waals surface area contributed by atoms with Crippen LogP contribution < -0.4 is 5.32 Å². The molecule has 1 unspecified atom stereocenters. The Bertz CT molecular complexity index is 930. The minimum absolute atomic E-state index is 0.0341. The number of hydrogen-bond donors (Lipinski definition) is 1. The number of carbonyl (C=O) groups excluding carboxylic acids is 2. The van der Waals surface area contributed by atoms with Gasteiger partial charge in [-0.15, -0.1) is 0 Å². The van der Waals surface area contributed by atoms with E-state index < -0.39 is 16.8 Å². The second-order valence-corrected chi connectivity index (χ2v) is 6.90. The zero-order valence-corrected chi connectivity index (χ0v) is 16.5. The molecule has 8 nitrogen and oxygen atoms in total. The molecule has 146 valence electrons. The number of dihydropyridines is 1. The van der Waals surface area contributed by atoms with E-state index in [1.807, 2.05) is 0 Å². The Morgan fingerprint density at radius 3 is 2.64 bits per heavy atom. The summed E-state index contributed by atoms with van der Waals surface area (Å²) in [6.45, 7) is 4.95. The molecule has 9 heteroatoms. The summed E-state index contributed by atoms with van der Waals surface area (Å²) in [4.78, 5) is 35.0. The van der Waals surface area contributed by atoms with Crippen molar-refractivity contribution in [1.29, 1.82) is 5.26 Å². The van der Waals surface area contributed by atoms with Crippen molar-refractivity contribution in [3.63, 3.8) is 0 Å². The van der Waals surface area contributed by atoms with Gasteiger partial charge in [0.1, 0.15) is 0 Å². The number of nitrogens with one attached hydrogen (secondary N) is 1. The molecule has 1 aliphatic rings. The van der Waals surface area contributed by atoms with Crippen LogP contribution in [0, 0.1) is 21.4 Å². The van der Waals surface area contributed by atoms with E-state index in [9.17, 15) is 25.0 Å². The molecule has 28 heavy (non-hydrogen) atoms. The summed E-state index contributed by atoms with van der Waals surface area (Å²) in [6, 6.07) is 8.09. The Balaban J connectivity index is 2.60. The van der Waals surface area contributed by atoms with Gasteiger partial charge in [0.25, 0.3) is 5.69 Å². The molecule has 1 aromatic rings. The summed E-state index contributed by atoms with van der Waals surface area (Å²) in [5, 5.41) is 24.7. The maximum atomic E-state index is 12.3. The van der Waals surface area contributed by atoms with Crippen molar-refractivity contribution in [2.24, 2.45) is 0 Å². The van der Waals surface area contributed by atoms with Crippen LogP contribution in [0.15, 0.2) is 46.1 Å².